The molecule has 0 atom stereocenters. The normalized spacial score (nSPS) is 13.8. The lowest BCUT2D eigenvalue weighted by Crippen LogP contribution is -2.15. The lowest BCUT2D eigenvalue weighted by atomic mass is 9.92. The average Bonchev–Trinajstić information content (AvgIpc) is 3.20. The predicted molar refractivity (Wildman–Crippen MR) is 89.4 cm³/mol. The van der Waals surface area contributed by atoms with Crippen LogP contribution in [0.1, 0.15) is 29.0 Å². The van der Waals surface area contributed by atoms with E-state index < -0.39 is 0 Å². The molecule has 0 bridgehead atoms. The minimum atomic E-state index is -0.142. The van der Waals surface area contributed by atoms with E-state index in [1.165, 1.54) is 17.4 Å². The maximum atomic E-state index is 11.9. The molecule has 1 aliphatic rings. The SMILES string of the molecule is COc1nc(-c2noc(-c3cc(=O)[nH]c4c3CCCC4)n2)sc1C. The van der Waals surface area contributed by atoms with Gasteiger partial charge in [-0.2, -0.15) is 9.97 Å². The van der Waals surface area contributed by atoms with Crippen molar-refractivity contribution < 1.29 is 9.26 Å². The summed E-state index contributed by atoms with van der Waals surface area (Å²) in [6, 6.07) is 1.54. The number of pyridine rings is 1. The van der Waals surface area contributed by atoms with Crippen LogP contribution in [0.25, 0.3) is 22.3 Å². The average molecular weight is 344 g/mol. The third-order valence-corrected chi connectivity index (χ3v) is 5.09. The predicted octanol–water partition coefficient (Wildman–Crippen LogP) is 2.74. The summed E-state index contributed by atoms with van der Waals surface area (Å²) in [5.74, 6) is 1.34. The first-order chi connectivity index (χ1) is 11.7. The fourth-order valence-corrected chi connectivity index (χ4v) is 3.83. The molecule has 124 valence electrons. The van der Waals surface area contributed by atoms with E-state index in [4.69, 9.17) is 9.26 Å². The molecule has 0 aromatic carbocycles. The van der Waals surface area contributed by atoms with E-state index in [9.17, 15) is 4.79 Å². The number of aryl methyl sites for hydroxylation is 2. The largest absolute Gasteiger partial charge is 0.480 e. The zero-order valence-electron chi connectivity index (χ0n) is 13.4. The molecule has 3 aromatic rings. The number of nitrogens with one attached hydrogen (secondary N) is 1. The molecule has 4 rings (SSSR count). The summed E-state index contributed by atoms with van der Waals surface area (Å²) < 4.78 is 10.6. The number of H-pyrrole nitrogens is 1. The first-order valence-electron chi connectivity index (χ1n) is 7.76. The molecule has 0 fully saturated rings. The summed E-state index contributed by atoms with van der Waals surface area (Å²) in [6.45, 7) is 1.92. The highest BCUT2D eigenvalue weighted by molar-refractivity contribution is 7.15. The van der Waals surface area contributed by atoms with Crippen molar-refractivity contribution in [2.24, 2.45) is 0 Å². The van der Waals surface area contributed by atoms with E-state index in [-0.39, 0.29) is 5.56 Å². The van der Waals surface area contributed by atoms with Crippen LogP contribution < -0.4 is 10.3 Å². The zero-order valence-corrected chi connectivity index (χ0v) is 14.2. The van der Waals surface area contributed by atoms with Crippen LogP contribution in [-0.4, -0.2) is 27.2 Å². The van der Waals surface area contributed by atoms with Crippen molar-refractivity contribution in [2.45, 2.75) is 32.6 Å². The molecular formula is C16H16N4O3S. The Balaban J connectivity index is 1.78. The fraction of sp³-hybridized carbons (Fsp3) is 0.375. The van der Waals surface area contributed by atoms with Crippen LogP contribution in [0.4, 0.5) is 0 Å². The number of hydrogen-bond donors (Lipinski definition) is 1. The van der Waals surface area contributed by atoms with Gasteiger partial charge in [0.15, 0.2) is 5.01 Å². The number of nitrogens with zero attached hydrogens (tertiary/aromatic N) is 3. The van der Waals surface area contributed by atoms with Crippen molar-refractivity contribution in [1.29, 1.82) is 0 Å². The van der Waals surface area contributed by atoms with Crippen LogP contribution >= 0.6 is 11.3 Å². The fourth-order valence-electron chi connectivity index (χ4n) is 3.02. The van der Waals surface area contributed by atoms with E-state index in [1.807, 2.05) is 6.92 Å². The summed E-state index contributed by atoms with van der Waals surface area (Å²) in [5, 5.41) is 4.66. The van der Waals surface area contributed by atoms with Crippen molar-refractivity contribution in [2.75, 3.05) is 7.11 Å². The van der Waals surface area contributed by atoms with Crippen molar-refractivity contribution in [3.05, 3.63) is 32.6 Å². The first-order valence-corrected chi connectivity index (χ1v) is 8.58. The smallest absolute Gasteiger partial charge is 0.258 e. The van der Waals surface area contributed by atoms with E-state index in [1.54, 1.807) is 7.11 Å². The number of ether oxygens (including phenoxy) is 1. The number of methoxy groups -OCH3 is 1. The highest BCUT2D eigenvalue weighted by Gasteiger charge is 2.21. The maximum Gasteiger partial charge on any atom is 0.258 e. The van der Waals surface area contributed by atoms with Crippen LogP contribution in [0.3, 0.4) is 0 Å². The van der Waals surface area contributed by atoms with Crippen LogP contribution in [0.15, 0.2) is 15.4 Å². The van der Waals surface area contributed by atoms with E-state index in [0.29, 0.717) is 22.6 Å². The van der Waals surface area contributed by atoms with Gasteiger partial charge in [-0.3, -0.25) is 4.79 Å². The number of aromatic amines is 1. The van der Waals surface area contributed by atoms with Crippen LogP contribution in [0.5, 0.6) is 5.88 Å². The van der Waals surface area contributed by atoms with Gasteiger partial charge < -0.3 is 14.2 Å². The Morgan fingerprint density at radius 1 is 1.29 bits per heavy atom. The molecule has 3 heterocycles. The monoisotopic (exact) mass is 344 g/mol. The minimum absolute atomic E-state index is 0.142. The molecule has 3 aromatic heterocycles. The van der Waals surface area contributed by atoms with Crippen molar-refractivity contribution in [3.8, 4) is 28.2 Å². The van der Waals surface area contributed by atoms with Gasteiger partial charge in [-0.25, -0.2) is 0 Å². The van der Waals surface area contributed by atoms with Gasteiger partial charge in [0.25, 0.3) is 5.89 Å². The third-order valence-electron chi connectivity index (χ3n) is 4.14. The molecule has 24 heavy (non-hydrogen) atoms. The Hall–Kier alpha value is -2.48. The highest BCUT2D eigenvalue weighted by atomic mass is 32.1. The molecule has 0 amide bonds. The second-order valence-corrected chi connectivity index (χ2v) is 6.92. The molecule has 0 spiro atoms. The summed E-state index contributed by atoms with van der Waals surface area (Å²) in [4.78, 5) is 24.6. The second kappa shape index (κ2) is 5.86. The third kappa shape index (κ3) is 2.52. The number of thiazole rings is 1. The van der Waals surface area contributed by atoms with Gasteiger partial charge in [-0.15, -0.1) is 11.3 Å². The molecule has 0 unspecified atom stereocenters. The number of aromatic nitrogens is 4. The van der Waals surface area contributed by atoms with E-state index >= 15 is 0 Å². The van der Waals surface area contributed by atoms with Gasteiger partial charge in [-0.05, 0) is 38.2 Å². The second-order valence-electron chi connectivity index (χ2n) is 5.72. The molecule has 0 aliphatic heterocycles. The maximum absolute atomic E-state index is 11.9. The highest BCUT2D eigenvalue weighted by Crippen LogP contribution is 2.33. The zero-order chi connectivity index (χ0) is 16.7. The quantitative estimate of drug-likeness (QED) is 0.785. The van der Waals surface area contributed by atoms with Gasteiger partial charge in [-0.1, -0.05) is 5.16 Å². The Morgan fingerprint density at radius 2 is 2.12 bits per heavy atom. The molecule has 1 aliphatic carbocycles. The molecule has 1 N–H and O–H groups in total. The van der Waals surface area contributed by atoms with Crippen LogP contribution in [0.2, 0.25) is 0 Å². The summed E-state index contributed by atoms with van der Waals surface area (Å²) >= 11 is 1.44. The number of hydrogen-bond acceptors (Lipinski definition) is 7. The van der Waals surface area contributed by atoms with Crippen LogP contribution in [0, 0.1) is 6.92 Å². The van der Waals surface area contributed by atoms with Gasteiger partial charge in [0.2, 0.25) is 17.3 Å². The van der Waals surface area contributed by atoms with Crippen molar-refractivity contribution in [1.82, 2.24) is 20.1 Å². The van der Waals surface area contributed by atoms with Crippen LogP contribution in [-0.2, 0) is 12.8 Å². The Morgan fingerprint density at radius 3 is 2.92 bits per heavy atom. The Bertz CT molecular complexity index is 957. The van der Waals surface area contributed by atoms with Crippen molar-refractivity contribution >= 4 is 11.3 Å². The molecule has 0 radical (unpaired) electrons. The van der Waals surface area contributed by atoms with Gasteiger partial charge in [0, 0.05) is 11.8 Å². The minimum Gasteiger partial charge on any atom is -0.480 e. The molecule has 0 saturated heterocycles. The van der Waals surface area contributed by atoms with Gasteiger partial charge >= 0.3 is 0 Å². The first kappa shape index (κ1) is 15.1. The number of rotatable bonds is 3. The molecule has 0 saturated carbocycles. The lowest BCUT2D eigenvalue weighted by molar-refractivity contribution is 0.398. The standard InChI is InChI=1S/C16H16N4O3S/c1-8-14(22-2)19-16(24-8)13-18-15(23-20-13)10-7-12(21)17-11-6-4-3-5-9(10)11/h7H,3-6H2,1-2H3,(H,17,21). The van der Waals surface area contributed by atoms with E-state index in [2.05, 4.69) is 20.1 Å². The number of fused-ring (bicyclic) bond motifs is 1. The lowest BCUT2D eigenvalue weighted by Gasteiger charge is -2.16. The molecule has 7 nitrogen and oxygen atoms in total. The summed E-state index contributed by atoms with van der Waals surface area (Å²) in [5.41, 5.74) is 2.67. The van der Waals surface area contributed by atoms with Gasteiger partial charge in [0.05, 0.1) is 17.6 Å². The molecule has 8 heteroatoms. The van der Waals surface area contributed by atoms with Gasteiger partial charge in [0.1, 0.15) is 0 Å². The molecular weight excluding hydrogens is 328 g/mol. The topological polar surface area (TPSA) is 93.9 Å². The van der Waals surface area contributed by atoms with E-state index in [0.717, 1.165) is 47.4 Å². The summed E-state index contributed by atoms with van der Waals surface area (Å²) in [7, 11) is 1.58. The Labute approximate surface area is 141 Å². The summed E-state index contributed by atoms with van der Waals surface area (Å²) in [6.07, 6.45) is 3.96. The Kier molecular flexibility index (Phi) is 3.68. The van der Waals surface area contributed by atoms with Crippen molar-refractivity contribution in [3.63, 3.8) is 0 Å².